The second-order valence-electron chi connectivity index (χ2n) is 6.52. The summed E-state index contributed by atoms with van der Waals surface area (Å²) < 4.78 is 40.7. The van der Waals surface area contributed by atoms with Crippen molar-refractivity contribution in [1.29, 1.82) is 0 Å². The molecule has 2 aromatic rings. The molecule has 1 aliphatic carbocycles. The fourth-order valence-electron chi connectivity index (χ4n) is 3.56. The van der Waals surface area contributed by atoms with Crippen molar-refractivity contribution in [3.05, 3.63) is 35.9 Å². The number of rotatable bonds is 4. The van der Waals surface area contributed by atoms with E-state index in [0.29, 0.717) is 23.5 Å². The van der Waals surface area contributed by atoms with Crippen LogP contribution in [0.15, 0.2) is 24.7 Å². The van der Waals surface area contributed by atoms with Crippen LogP contribution < -0.4 is 0 Å². The van der Waals surface area contributed by atoms with E-state index in [1.165, 1.54) is 31.8 Å². The second-order valence-corrected chi connectivity index (χ2v) is 6.52. The van der Waals surface area contributed by atoms with Crippen LogP contribution in [0.4, 0.5) is 13.2 Å². The molecule has 0 amide bonds. The van der Waals surface area contributed by atoms with Gasteiger partial charge in [-0.15, -0.1) is 0 Å². The van der Waals surface area contributed by atoms with Gasteiger partial charge in [0.2, 0.25) is 0 Å². The Kier molecular flexibility index (Phi) is 4.62. The Labute approximate surface area is 133 Å². The monoisotopic (exact) mass is 326 g/mol. The van der Waals surface area contributed by atoms with E-state index in [0.717, 1.165) is 25.0 Å². The fourth-order valence-corrected chi connectivity index (χ4v) is 3.56. The molecule has 2 aromatic heterocycles. The highest BCUT2D eigenvalue weighted by molar-refractivity contribution is 5.49. The van der Waals surface area contributed by atoms with E-state index in [9.17, 15) is 18.3 Å². The number of imidazole rings is 1. The molecule has 0 spiro atoms. The van der Waals surface area contributed by atoms with Gasteiger partial charge in [0.15, 0.2) is 0 Å². The molecule has 1 unspecified atom stereocenters. The normalized spacial score (nSPS) is 18.4. The quantitative estimate of drug-likeness (QED) is 0.913. The number of aliphatic hydroxyl groups is 1. The lowest BCUT2D eigenvalue weighted by molar-refractivity contribution is -0.137. The van der Waals surface area contributed by atoms with Crippen LogP contribution in [0.5, 0.6) is 0 Å². The van der Waals surface area contributed by atoms with Gasteiger partial charge in [0.1, 0.15) is 0 Å². The van der Waals surface area contributed by atoms with Gasteiger partial charge in [-0.2, -0.15) is 13.2 Å². The molecule has 0 bridgehead atoms. The number of hydrogen-bond donors (Lipinski definition) is 1. The van der Waals surface area contributed by atoms with Crippen LogP contribution in [0.1, 0.15) is 49.8 Å². The van der Waals surface area contributed by atoms with Gasteiger partial charge in [-0.05, 0) is 24.5 Å². The zero-order valence-corrected chi connectivity index (χ0v) is 12.9. The second kappa shape index (κ2) is 6.51. The summed E-state index contributed by atoms with van der Waals surface area (Å²) in [5.74, 6) is 0.489. The highest BCUT2D eigenvalue weighted by atomic mass is 19.4. The van der Waals surface area contributed by atoms with Gasteiger partial charge in [-0.25, -0.2) is 4.98 Å². The maximum absolute atomic E-state index is 13.0. The third-order valence-electron chi connectivity index (χ3n) is 4.70. The fraction of sp³-hybridized carbons (Fsp3) is 0.588. The van der Waals surface area contributed by atoms with Gasteiger partial charge in [0.25, 0.3) is 0 Å². The predicted octanol–water partition coefficient (Wildman–Crippen LogP) is 4.23. The largest absolute Gasteiger partial charge is 0.416 e. The van der Waals surface area contributed by atoms with Crippen LogP contribution in [-0.2, 0) is 12.6 Å². The first-order valence-corrected chi connectivity index (χ1v) is 8.14. The Hall–Kier alpha value is -1.56. The summed E-state index contributed by atoms with van der Waals surface area (Å²) in [4.78, 5) is 3.92. The molecule has 0 aromatic carbocycles. The summed E-state index contributed by atoms with van der Waals surface area (Å²) in [7, 11) is 0. The Bertz CT molecular complexity index is 659. The molecule has 1 saturated carbocycles. The summed E-state index contributed by atoms with van der Waals surface area (Å²) in [6, 6.07) is 2.21. The van der Waals surface area contributed by atoms with Crippen LogP contribution in [0.25, 0.3) is 5.52 Å². The molecule has 0 saturated heterocycles. The van der Waals surface area contributed by atoms with Crippen molar-refractivity contribution >= 4 is 5.52 Å². The first-order valence-electron chi connectivity index (χ1n) is 8.14. The Morgan fingerprint density at radius 3 is 2.65 bits per heavy atom. The molecule has 3 rings (SSSR count). The van der Waals surface area contributed by atoms with E-state index in [1.807, 2.05) is 0 Å². The lowest BCUT2D eigenvalue weighted by Gasteiger charge is -2.24. The number of alkyl halides is 3. The first kappa shape index (κ1) is 16.3. The molecule has 1 aliphatic rings. The predicted molar refractivity (Wildman–Crippen MR) is 81.1 cm³/mol. The van der Waals surface area contributed by atoms with Crippen molar-refractivity contribution in [1.82, 2.24) is 9.38 Å². The van der Waals surface area contributed by atoms with Crippen LogP contribution in [-0.4, -0.2) is 20.6 Å². The van der Waals surface area contributed by atoms with Crippen LogP contribution >= 0.6 is 0 Å². The molecule has 3 nitrogen and oxygen atoms in total. The molecule has 1 N–H and O–H groups in total. The maximum Gasteiger partial charge on any atom is 0.416 e. The summed E-state index contributed by atoms with van der Waals surface area (Å²) in [5.41, 5.74) is 0.167. The topological polar surface area (TPSA) is 37.5 Å². The molecular weight excluding hydrogens is 305 g/mol. The minimum absolute atomic E-state index is 0.216. The zero-order chi connectivity index (χ0) is 16.4. The van der Waals surface area contributed by atoms with Crippen molar-refractivity contribution in [2.75, 3.05) is 0 Å². The van der Waals surface area contributed by atoms with Crippen molar-refractivity contribution in [2.45, 2.75) is 57.2 Å². The number of aromatic nitrogens is 2. The smallest absolute Gasteiger partial charge is 0.393 e. The van der Waals surface area contributed by atoms with Gasteiger partial charge >= 0.3 is 6.18 Å². The molecule has 23 heavy (non-hydrogen) atoms. The molecule has 126 valence electrons. The van der Waals surface area contributed by atoms with Crippen molar-refractivity contribution in [3.63, 3.8) is 0 Å². The highest BCUT2D eigenvalue weighted by Gasteiger charge is 2.31. The average molecular weight is 326 g/mol. The number of pyridine rings is 1. The summed E-state index contributed by atoms with van der Waals surface area (Å²) in [6.07, 6.45) is 4.61. The van der Waals surface area contributed by atoms with E-state index < -0.39 is 17.8 Å². The zero-order valence-electron chi connectivity index (χ0n) is 12.9. The summed E-state index contributed by atoms with van der Waals surface area (Å²) >= 11 is 0. The maximum atomic E-state index is 13.0. The van der Waals surface area contributed by atoms with E-state index in [2.05, 4.69) is 4.98 Å². The van der Waals surface area contributed by atoms with Crippen molar-refractivity contribution < 1.29 is 18.3 Å². The third kappa shape index (κ3) is 3.86. The standard InChI is InChI=1S/C17H21F3N2O/c18-17(19,20)13-7-14(22-11-21-10-15(22)8-13)9-16(23)6-12-4-2-1-3-5-12/h7-8,10-12,16,23H,1-6,9H2. The number of halogens is 3. The van der Waals surface area contributed by atoms with Crippen molar-refractivity contribution in [3.8, 4) is 0 Å². The molecule has 0 radical (unpaired) electrons. The minimum Gasteiger partial charge on any atom is -0.393 e. The van der Waals surface area contributed by atoms with E-state index in [1.54, 1.807) is 4.40 Å². The van der Waals surface area contributed by atoms with E-state index >= 15 is 0 Å². The van der Waals surface area contributed by atoms with Gasteiger partial charge in [-0.1, -0.05) is 32.1 Å². The first-order chi connectivity index (χ1) is 10.9. The Balaban J connectivity index is 1.79. The van der Waals surface area contributed by atoms with Gasteiger partial charge < -0.3 is 9.51 Å². The van der Waals surface area contributed by atoms with Crippen LogP contribution in [0.3, 0.4) is 0 Å². The molecule has 1 fully saturated rings. The molecule has 6 heteroatoms. The summed E-state index contributed by atoms with van der Waals surface area (Å²) in [5, 5.41) is 10.3. The highest BCUT2D eigenvalue weighted by Crippen LogP contribution is 2.32. The van der Waals surface area contributed by atoms with Gasteiger partial charge in [-0.3, -0.25) is 0 Å². The SMILES string of the molecule is OC(Cc1cc(C(F)(F)F)cc2cncn12)CC1CCCCC1. The third-order valence-corrected chi connectivity index (χ3v) is 4.70. The lowest BCUT2D eigenvalue weighted by Crippen LogP contribution is -2.20. The molecule has 2 heterocycles. The number of hydrogen-bond acceptors (Lipinski definition) is 2. The molecule has 1 atom stereocenters. The minimum atomic E-state index is -4.39. The lowest BCUT2D eigenvalue weighted by atomic mass is 9.84. The number of aliphatic hydroxyl groups excluding tert-OH is 1. The number of nitrogens with zero attached hydrogens (tertiary/aromatic N) is 2. The van der Waals surface area contributed by atoms with Crippen LogP contribution in [0, 0.1) is 5.92 Å². The van der Waals surface area contributed by atoms with E-state index in [4.69, 9.17) is 0 Å². The Morgan fingerprint density at radius 1 is 1.22 bits per heavy atom. The molecular formula is C17H21F3N2O. The van der Waals surface area contributed by atoms with Gasteiger partial charge in [0, 0.05) is 12.1 Å². The average Bonchev–Trinajstić information content (AvgIpc) is 2.96. The number of fused-ring (bicyclic) bond motifs is 1. The summed E-state index contributed by atoms with van der Waals surface area (Å²) in [6.45, 7) is 0. The van der Waals surface area contributed by atoms with E-state index in [-0.39, 0.29) is 6.42 Å². The van der Waals surface area contributed by atoms with Crippen LogP contribution in [0.2, 0.25) is 0 Å². The van der Waals surface area contributed by atoms with Gasteiger partial charge in [0.05, 0.1) is 29.7 Å². The van der Waals surface area contributed by atoms with Crippen molar-refractivity contribution in [2.24, 2.45) is 5.92 Å². The molecule has 0 aliphatic heterocycles. The Morgan fingerprint density at radius 2 is 1.96 bits per heavy atom.